The standard InChI is InChI=1S/C19H12F3N3O2S/c20-19(21,22)17(26)16-11-9-27-13-7-3-1-5-10(13)15(11)24-25(16)18-23-12-6-2-4-8-14(12)28-18/h1-8,11,16H,9H2/t11-,16-/m1/s1. The number of carbonyl (C=O) groups is 1. The van der Waals surface area contributed by atoms with E-state index in [1.165, 1.54) is 11.3 Å². The molecule has 0 fully saturated rings. The van der Waals surface area contributed by atoms with Gasteiger partial charge in [-0.25, -0.2) is 9.99 Å². The molecule has 1 aromatic heterocycles. The fourth-order valence-electron chi connectivity index (χ4n) is 3.56. The van der Waals surface area contributed by atoms with Gasteiger partial charge in [-0.15, -0.1) is 0 Å². The third-order valence-electron chi connectivity index (χ3n) is 4.82. The van der Waals surface area contributed by atoms with E-state index in [2.05, 4.69) is 10.1 Å². The molecule has 142 valence electrons. The number of aromatic nitrogens is 1. The van der Waals surface area contributed by atoms with Crippen molar-refractivity contribution in [2.75, 3.05) is 11.6 Å². The largest absolute Gasteiger partial charge is 0.492 e. The van der Waals surface area contributed by atoms with E-state index >= 15 is 0 Å². The van der Waals surface area contributed by atoms with Crippen LogP contribution in [-0.4, -0.2) is 35.3 Å². The van der Waals surface area contributed by atoms with Gasteiger partial charge in [-0.2, -0.15) is 18.3 Å². The molecular weight excluding hydrogens is 391 g/mol. The van der Waals surface area contributed by atoms with Crippen LogP contribution in [0.5, 0.6) is 5.75 Å². The second-order valence-corrected chi connectivity index (χ2v) is 7.52. The van der Waals surface area contributed by atoms with Crippen LogP contribution in [0.2, 0.25) is 0 Å². The molecule has 5 rings (SSSR count). The minimum Gasteiger partial charge on any atom is -0.492 e. The summed E-state index contributed by atoms with van der Waals surface area (Å²) in [5.41, 5.74) is 1.67. The number of ketones is 1. The van der Waals surface area contributed by atoms with Gasteiger partial charge in [0.1, 0.15) is 11.8 Å². The lowest BCUT2D eigenvalue weighted by molar-refractivity contribution is -0.173. The highest BCUT2D eigenvalue weighted by atomic mass is 32.1. The van der Waals surface area contributed by atoms with Crippen molar-refractivity contribution >= 4 is 38.2 Å². The lowest BCUT2D eigenvalue weighted by atomic mass is 9.87. The molecule has 0 bridgehead atoms. The maximum Gasteiger partial charge on any atom is 0.452 e. The van der Waals surface area contributed by atoms with Crippen molar-refractivity contribution in [3.63, 3.8) is 0 Å². The Labute approximate surface area is 161 Å². The number of ether oxygens (including phenoxy) is 1. The Morgan fingerprint density at radius 1 is 1.14 bits per heavy atom. The number of alkyl halides is 3. The number of benzene rings is 2. The van der Waals surface area contributed by atoms with Gasteiger partial charge in [0.05, 0.1) is 28.5 Å². The van der Waals surface area contributed by atoms with Crippen LogP contribution in [0.3, 0.4) is 0 Å². The average molecular weight is 403 g/mol. The lowest BCUT2D eigenvalue weighted by Crippen LogP contribution is -2.49. The first-order chi connectivity index (χ1) is 13.4. The molecule has 0 unspecified atom stereocenters. The molecule has 3 heterocycles. The van der Waals surface area contributed by atoms with Gasteiger partial charge in [0.15, 0.2) is 0 Å². The van der Waals surface area contributed by atoms with Crippen LogP contribution in [-0.2, 0) is 4.79 Å². The van der Waals surface area contributed by atoms with Crippen LogP contribution in [0.4, 0.5) is 18.3 Å². The minimum absolute atomic E-state index is 0.0519. The quantitative estimate of drug-likeness (QED) is 0.648. The summed E-state index contributed by atoms with van der Waals surface area (Å²) in [6.07, 6.45) is -4.98. The normalized spacial score (nSPS) is 21.1. The predicted molar refractivity (Wildman–Crippen MR) is 98.9 cm³/mol. The maximum absolute atomic E-state index is 13.4. The number of carbonyl (C=O) groups excluding carboxylic acids is 1. The number of hydrogen-bond acceptors (Lipinski definition) is 6. The van der Waals surface area contributed by atoms with Gasteiger partial charge in [-0.05, 0) is 24.3 Å². The Morgan fingerprint density at radius 3 is 2.68 bits per heavy atom. The van der Waals surface area contributed by atoms with Gasteiger partial charge in [0.25, 0.3) is 5.78 Å². The van der Waals surface area contributed by atoms with Crippen LogP contribution in [0.25, 0.3) is 10.2 Å². The van der Waals surface area contributed by atoms with Crippen molar-refractivity contribution in [3.05, 3.63) is 54.1 Å². The van der Waals surface area contributed by atoms with E-state index in [0.29, 0.717) is 22.5 Å². The average Bonchev–Trinajstić information content (AvgIpc) is 3.27. The molecule has 2 aliphatic rings. The van der Waals surface area contributed by atoms with E-state index in [1.54, 1.807) is 36.4 Å². The molecule has 0 N–H and O–H groups in total. The van der Waals surface area contributed by atoms with Gasteiger partial charge in [-0.3, -0.25) is 4.79 Å². The molecule has 0 radical (unpaired) electrons. The molecule has 28 heavy (non-hydrogen) atoms. The maximum atomic E-state index is 13.4. The predicted octanol–water partition coefficient (Wildman–Crippen LogP) is 4.03. The van der Waals surface area contributed by atoms with Gasteiger partial charge in [0.2, 0.25) is 5.13 Å². The molecular formula is C19H12F3N3O2S. The Balaban J connectivity index is 1.66. The number of halogens is 3. The first-order valence-corrected chi connectivity index (χ1v) is 9.31. The smallest absolute Gasteiger partial charge is 0.452 e. The zero-order chi connectivity index (χ0) is 19.5. The van der Waals surface area contributed by atoms with E-state index < -0.39 is 23.9 Å². The third-order valence-corrected chi connectivity index (χ3v) is 5.85. The topological polar surface area (TPSA) is 54.8 Å². The van der Waals surface area contributed by atoms with Crippen LogP contribution in [0, 0.1) is 5.92 Å². The van der Waals surface area contributed by atoms with E-state index in [0.717, 1.165) is 9.71 Å². The first-order valence-electron chi connectivity index (χ1n) is 8.50. The Morgan fingerprint density at radius 2 is 1.89 bits per heavy atom. The highest BCUT2D eigenvalue weighted by Crippen LogP contribution is 2.41. The summed E-state index contributed by atoms with van der Waals surface area (Å²) in [7, 11) is 0. The molecule has 0 aliphatic carbocycles. The van der Waals surface area contributed by atoms with Crippen molar-refractivity contribution in [1.82, 2.24) is 4.98 Å². The number of anilines is 1. The van der Waals surface area contributed by atoms with Crippen molar-refractivity contribution in [3.8, 4) is 5.75 Å². The molecule has 0 spiro atoms. The van der Waals surface area contributed by atoms with Crippen molar-refractivity contribution in [2.24, 2.45) is 11.0 Å². The van der Waals surface area contributed by atoms with E-state index in [9.17, 15) is 18.0 Å². The Hall–Kier alpha value is -2.94. The summed E-state index contributed by atoms with van der Waals surface area (Å²) in [5, 5.41) is 5.80. The van der Waals surface area contributed by atoms with Crippen LogP contribution >= 0.6 is 11.3 Å². The molecule has 2 aliphatic heterocycles. The molecule has 2 atom stereocenters. The monoisotopic (exact) mass is 403 g/mol. The van der Waals surface area contributed by atoms with Crippen molar-refractivity contribution < 1.29 is 22.7 Å². The molecule has 0 saturated carbocycles. The van der Waals surface area contributed by atoms with Gasteiger partial charge >= 0.3 is 6.18 Å². The highest BCUT2D eigenvalue weighted by Gasteiger charge is 2.55. The number of nitrogens with zero attached hydrogens (tertiary/aromatic N) is 3. The zero-order valence-electron chi connectivity index (χ0n) is 14.2. The second-order valence-electron chi connectivity index (χ2n) is 6.51. The van der Waals surface area contributed by atoms with Gasteiger partial charge in [0, 0.05) is 5.56 Å². The van der Waals surface area contributed by atoms with Gasteiger partial charge in [-0.1, -0.05) is 35.6 Å². The number of hydrogen-bond donors (Lipinski definition) is 0. The minimum atomic E-state index is -4.98. The van der Waals surface area contributed by atoms with Crippen molar-refractivity contribution in [2.45, 2.75) is 12.2 Å². The molecule has 3 aromatic rings. The summed E-state index contributed by atoms with van der Waals surface area (Å²) in [6, 6.07) is 12.7. The van der Waals surface area contributed by atoms with Gasteiger partial charge < -0.3 is 4.74 Å². The molecule has 5 nitrogen and oxygen atoms in total. The number of fused-ring (bicyclic) bond motifs is 4. The fraction of sp³-hybridized carbons (Fsp3) is 0.211. The number of thiazole rings is 1. The van der Waals surface area contributed by atoms with Crippen LogP contribution in [0.15, 0.2) is 53.6 Å². The fourth-order valence-corrected chi connectivity index (χ4v) is 4.51. The molecule has 0 amide bonds. The summed E-state index contributed by atoms with van der Waals surface area (Å²) in [4.78, 5) is 16.7. The van der Waals surface area contributed by atoms with Crippen LogP contribution in [0.1, 0.15) is 5.56 Å². The first kappa shape index (κ1) is 17.2. The second kappa shape index (κ2) is 6.03. The third kappa shape index (κ3) is 2.57. The van der Waals surface area contributed by atoms with E-state index in [4.69, 9.17) is 4.74 Å². The Bertz CT molecular complexity index is 1090. The number of rotatable bonds is 2. The molecule has 2 aromatic carbocycles. The van der Waals surface area contributed by atoms with Crippen LogP contribution < -0.4 is 9.75 Å². The lowest BCUT2D eigenvalue weighted by Gasteiger charge is -2.28. The summed E-state index contributed by atoms with van der Waals surface area (Å²) in [6.45, 7) is -0.0519. The van der Waals surface area contributed by atoms with E-state index in [-0.39, 0.29) is 11.7 Å². The number of Topliss-reactive ketones (excluding diaryl/α,β-unsaturated/α-hetero) is 1. The van der Waals surface area contributed by atoms with Crippen molar-refractivity contribution in [1.29, 1.82) is 0 Å². The number of hydrazone groups is 1. The molecule has 0 saturated heterocycles. The van der Waals surface area contributed by atoms with E-state index in [1.807, 2.05) is 12.1 Å². The number of para-hydroxylation sites is 2. The summed E-state index contributed by atoms with van der Waals surface area (Å²) >= 11 is 1.20. The zero-order valence-corrected chi connectivity index (χ0v) is 15.0. The summed E-state index contributed by atoms with van der Waals surface area (Å²) < 4.78 is 46.5. The SMILES string of the molecule is O=C([C@H]1[C@@H]2COc3ccccc3C2=NN1c1nc2ccccc2s1)C(F)(F)F. The summed E-state index contributed by atoms with van der Waals surface area (Å²) in [5.74, 6) is -2.13. The molecule has 9 heteroatoms. The highest BCUT2D eigenvalue weighted by molar-refractivity contribution is 7.22. The Kier molecular flexibility index (Phi) is 3.70.